The van der Waals surface area contributed by atoms with E-state index < -0.39 is 24.5 Å². The Hall–Kier alpha value is -2.57. The van der Waals surface area contributed by atoms with Crippen LogP contribution in [0.3, 0.4) is 0 Å². The second-order valence-electron chi connectivity index (χ2n) is 8.89. The molecule has 4 saturated carbocycles. The highest BCUT2D eigenvalue weighted by atomic mass is 16.5. The van der Waals surface area contributed by atoms with Gasteiger partial charge in [0.25, 0.3) is 5.91 Å². The van der Waals surface area contributed by atoms with Gasteiger partial charge < -0.3 is 14.8 Å². The number of carbonyl (C=O) groups excluding carboxylic acids is 3. The van der Waals surface area contributed by atoms with Crippen molar-refractivity contribution in [1.29, 1.82) is 0 Å². The monoisotopic (exact) mass is 400 g/mol. The molecule has 0 unspecified atom stereocenters. The number of hydrogen-bond donors (Lipinski definition) is 2. The van der Waals surface area contributed by atoms with Crippen molar-refractivity contribution in [2.45, 2.75) is 50.5 Å². The van der Waals surface area contributed by atoms with E-state index in [1.807, 2.05) is 0 Å². The molecule has 0 radical (unpaired) electrons. The first-order valence-electron chi connectivity index (χ1n) is 10.3. The highest BCUT2D eigenvalue weighted by molar-refractivity contribution is 5.95. The Morgan fingerprint density at radius 1 is 1.00 bits per heavy atom. The van der Waals surface area contributed by atoms with Crippen molar-refractivity contribution < 1.29 is 23.9 Å². The number of rotatable bonds is 6. The number of methoxy groups -OCH3 is 1. The summed E-state index contributed by atoms with van der Waals surface area (Å²) in [4.78, 5) is 36.3. The van der Waals surface area contributed by atoms with Crippen LogP contribution in [-0.2, 0) is 20.7 Å². The fourth-order valence-electron chi connectivity index (χ4n) is 5.81. The average molecular weight is 400 g/mol. The summed E-state index contributed by atoms with van der Waals surface area (Å²) in [5.74, 6) is 1.68. The van der Waals surface area contributed by atoms with Gasteiger partial charge in [0, 0.05) is 5.54 Å². The largest absolute Gasteiger partial charge is 0.497 e. The molecule has 4 bridgehead atoms. The van der Waals surface area contributed by atoms with Crippen LogP contribution in [-0.4, -0.2) is 37.2 Å². The molecular weight excluding hydrogens is 372 g/mol. The fraction of sp³-hybridized carbons (Fsp3) is 0.591. The lowest BCUT2D eigenvalue weighted by Gasteiger charge is -2.56. The fourth-order valence-corrected chi connectivity index (χ4v) is 5.81. The van der Waals surface area contributed by atoms with Crippen LogP contribution in [0.5, 0.6) is 5.75 Å². The topological polar surface area (TPSA) is 93.7 Å². The van der Waals surface area contributed by atoms with Crippen molar-refractivity contribution in [2.75, 3.05) is 13.7 Å². The van der Waals surface area contributed by atoms with Crippen molar-refractivity contribution in [2.24, 2.45) is 17.8 Å². The molecule has 1 aromatic carbocycles. The molecule has 3 amide bonds. The van der Waals surface area contributed by atoms with Gasteiger partial charge in [0.05, 0.1) is 13.5 Å². The van der Waals surface area contributed by atoms with Crippen LogP contribution in [0.15, 0.2) is 24.3 Å². The number of amides is 3. The second kappa shape index (κ2) is 8.05. The summed E-state index contributed by atoms with van der Waals surface area (Å²) in [6.07, 6.45) is 6.94. The number of benzene rings is 1. The number of urea groups is 1. The lowest BCUT2D eigenvalue weighted by atomic mass is 9.53. The first-order chi connectivity index (χ1) is 13.9. The molecule has 0 aliphatic heterocycles. The zero-order valence-corrected chi connectivity index (χ0v) is 16.7. The summed E-state index contributed by atoms with van der Waals surface area (Å²) in [6.45, 7) is -0.469. The van der Waals surface area contributed by atoms with Gasteiger partial charge in [0.2, 0.25) is 0 Å². The minimum atomic E-state index is -0.615. The molecule has 1 aromatic rings. The first kappa shape index (κ1) is 19.7. The molecule has 156 valence electrons. The van der Waals surface area contributed by atoms with E-state index >= 15 is 0 Å². The molecule has 0 heterocycles. The lowest BCUT2D eigenvalue weighted by molar-refractivity contribution is -0.147. The summed E-state index contributed by atoms with van der Waals surface area (Å²) >= 11 is 0. The average Bonchev–Trinajstić information content (AvgIpc) is 2.65. The normalized spacial score (nSPS) is 29.2. The SMILES string of the molecule is COc1ccc(CC(=O)OCC(=O)NC(=O)NC23CC4CC(CC(C4)C2)C3)cc1. The van der Waals surface area contributed by atoms with Crippen LogP contribution in [0, 0.1) is 17.8 Å². The zero-order chi connectivity index (χ0) is 20.4. The Kier molecular flexibility index (Phi) is 5.48. The molecule has 7 nitrogen and oxygen atoms in total. The summed E-state index contributed by atoms with van der Waals surface area (Å²) in [5, 5.41) is 5.38. The number of nitrogens with one attached hydrogen (secondary N) is 2. The third-order valence-corrected chi connectivity index (χ3v) is 6.54. The molecular formula is C22H28N2O5. The molecule has 4 aliphatic rings. The van der Waals surface area contributed by atoms with E-state index in [1.165, 1.54) is 19.3 Å². The Balaban J connectivity index is 1.20. The Bertz CT molecular complexity index is 754. The van der Waals surface area contributed by atoms with Crippen LogP contribution in [0.25, 0.3) is 0 Å². The standard InChI is InChI=1S/C22H28N2O5/c1-28-18-4-2-14(3-5-18)9-20(26)29-13-19(25)23-21(27)24-22-10-15-6-16(11-22)8-17(7-15)12-22/h2-5,15-17H,6-13H2,1H3,(H2,23,24,25,27). The maximum Gasteiger partial charge on any atom is 0.321 e. The lowest BCUT2D eigenvalue weighted by Crippen LogP contribution is -2.62. The van der Waals surface area contributed by atoms with Gasteiger partial charge in [-0.2, -0.15) is 0 Å². The van der Waals surface area contributed by atoms with Gasteiger partial charge in [-0.15, -0.1) is 0 Å². The Morgan fingerprint density at radius 3 is 2.14 bits per heavy atom. The van der Waals surface area contributed by atoms with E-state index in [9.17, 15) is 14.4 Å². The zero-order valence-electron chi connectivity index (χ0n) is 16.7. The van der Waals surface area contributed by atoms with Crippen molar-refractivity contribution in [3.8, 4) is 5.75 Å². The minimum absolute atomic E-state index is 0.0523. The van der Waals surface area contributed by atoms with Crippen LogP contribution >= 0.6 is 0 Å². The Labute approximate surface area is 170 Å². The number of ether oxygens (including phenoxy) is 2. The highest BCUT2D eigenvalue weighted by Gasteiger charge is 2.51. The maximum absolute atomic E-state index is 12.3. The van der Waals surface area contributed by atoms with Gasteiger partial charge in [-0.05, 0) is 74.0 Å². The molecule has 7 heteroatoms. The van der Waals surface area contributed by atoms with Gasteiger partial charge in [0.1, 0.15) is 5.75 Å². The van der Waals surface area contributed by atoms with E-state index in [2.05, 4.69) is 10.6 Å². The third kappa shape index (κ3) is 4.71. The summed E-state index contributed by atoms with van der Waals surface area (Å²) in [5.41, 5.74) is 0.597. The number of hydrogen-bond acceptors (Lipinski definition) is 5. The summed E-state index contributed by atoms with van der Waals surface area (Å²) in [6, 6.07) is 6.55. The van der Waals surface area contributed by atoms with Crippen LogP contribution in [0.4, 0.5) is 4.79 Å². The van der Waals surface area contributed by atoms with E-state index in [0.717, 1.165) is 24.8 Å². The van der Waals surface area contributed by atoms with Crippen molar-refractivity contribution >= 4 is 17.9 Å². The predicted molar refractivity (Wildman–Crippen MR) is 105 cm³/mol. The van der Waals surface area contributed by atoms with Gasteiger partial charge in [-0.25, -0.2) is 4.79 Å². The van der Waals surface area contributed by atoms with Crippen molar-refractivity contribution in [3.05, 3.63) is 29.8 Å². The number of carbonyl (C=O) groups is 3. The molecule has 5 rings (SSSR count). The van der Waals surface area contributed by atoms with Gasteiger partial charge >= 0.3 is 12.0 Å². The van der Waals surface area contributed by atoms with Crippen LogP contribution in [0.2, 0.25) is 0 Å². The van der Waals surface area contributed by atoms with Crippen LogP contribution < -0.4 is 15.4 Å². The predicted octanol–water partition coefficient (Wildman–Crippen LogP) is 2.58. The van der Waals surface area contributed by atoms with E-state index in [0.29, 0.717) is 23.5 Å². The minimum Gasteiger partial charge on any atom is -0.497 e. The molecule has 0 aromatic heterocycles. The summed E-state index contributed by atoms with van der Waals surface area (Å²) < 4.78 is 10.1. The third-order valence-electron chi connectivity index (χ3n) is 6.54. The number of imide groups is 1. The van der Waals surface area contributed by atoms with Gasteiger partial charge in [-0.1, -0.05) is 12.1 Å². The van der Waals surface area contributed by atoms with E-state index in [1.54, 1.807) is 31.4 Å². The number of esters is 1. The maximum atomic E-state index is 12.3. The molecule has 0 saturated heterocycles. The molecule has 4 fully saturated rings. The van der Waals surface area contributed by atoms with Crippen LogP contribution in [0.1, 0.15) is 44.1 Å². The molecule has 4 aliphatic carbocycles. The highest BCUT2D eigenvalue weighted by Crippen LogP contribution is 2.55. The van der Waals surface area contributed by atoms with Gasteiger partial charge in [-0.3, -0.25) is 14.9 Å². The quantitative estimate of drug-likeness (QED) is 0.716. The summed E-state index contributed by atoms with van der Waals surface area (Å²) in [7, 11) is 1.57. The van der Waals surface area contributed by atoms with Crippen molar-refractivity contribution in [3.63, 3.8) is 0 Å². The molecule has 0 atom stereocenters. The second-order valence-corrected chi connectivity index (χ2v) is 8.89. The molecule has 29 heavy (non-hydrogen) atoms. The smallest absolute Gasteiger partial charge is 0.321 e. The van der Waals surface area contributed by atoms with E-state index in [4.69, 9.17) is 9.47 Å². The van der Waals surface area contributed by atoms with E-state index in [-0.39, 0.29) is 12.0 Å². The first-order valence-corrected chi connectivity index (χ1v) is 10.3. The van der Waals surface area contributed by atoms with Gasteiger partial charge in [0.15, 0.2) is 6.61 Å². The van der Waals surface area contributed by atoms with Crippen molar-refractivity contribution in [1.82, 2.24) is 10.6 Å². The molecule has 2 N–H and O–H groups in total. The Morgan fingerprint density at radius 2 is 1.59 bits per heavy atom. The molecule has 0 spiro atoms.